The molecule has 6 nitrogen and oxygen atoms in total. The molecule has 2 N–H and O–H groups in total. The molecule has 0 aromatic heterocycles. The lowest BCUT2D eigenvalue weighted by atomic mass is 9.72. The molecule has 0 aliphatic heterocycles. The van der Waals surface area contributed by atoms with E-state index in [-0.39, 0.29) is 29.9 Å². The number of phenolic OH excluding ortho intramolecular Hbond substituents is 2. The molecule has 1 aliphatic rings. The minimum atomic E-state index is -0.814. The van der Waals surface area contributed by atoms with Crippen LogP contribution >= 0.6 is 0 Å². The van der Waals surface area contributed by atoms with E-state index in [0.717, 1.165) is 29.5 Å². The first-order chi connectivity index (χ1) is 11.8. The molecule has 0 spiro atoms. The average molecular weight is 347 g/mol. The minimum Gasteiger partial charge on any atom is -0.508 e. The largest absolute Gasteiger partial charge is 0.508 e. The highest BCUT2D eigenvalue weighted by Crippen LogP contribution is 2.45. The van der Waals surface area contributed by atoms with E-state index >= 15 is 0 Å². The quantitative estimate of drug-likeness (QED) is 0.333. The van der Waals surface area contributed by atoms with Crippen molar-refractivity contribution in [1.29, 1.82) is 0 Å². The highest BCUT2D eigenvalue weighted by atomic mass is 16.9. The summed E-state index contributed by atoms with van der Waals surface area (Å²) in [5.41, 5.74) is 3.87. The zero-order chi connectivity index (χ0) is 18.6. The van der Waals surface area contributed by atoms with Crippen molar-refractivity contribution in [1.82, 2.24) is 0 Å². The van der Waals surface area contributed by atoms with E-state index < -0.39 is 5.09 Å². The first kappa shape index (κ1) is 18.8. The van der Waals surface area contributed by atoms with Crippen molar-refractivity contribution in [3.8, 4) is 11.5 Å². The van der Waals surface area contributed by atoms with Crippen molar-refractivity contribution in [2.75, 3.05) is 6.61 Å². The fourth-order valence-electron chi connectivity index (χ4n) is 3.58. The van der Waals surface area contributed by atoms with E-state index in [4.69, 9.17) is 0 Å². The first-order valence-electron chi connectivity index (χ1n) is 8.44. The van der Waals surface area contributed by atoms with E-state index in [1.54, 1.807) is 6.07 Å². The van der Waals surface area contributed by atoms with Gasteiger partial charge in [-0.05, 0) is 57.1 Å². The second-order valence-corrected chi connectivity index (χ2v) is 6.73. The second kappa shape index (κ2) is 8.05. The van der Waals surface area contributed by atoms with Crippen molar-refractivity contribution in [2.24, 2.45) is 5.92 Å². The van der Waals surface area contributed by atoms with Crippen LogP contribution in [-0.2, 0) is 11.3 Å². The molecule has 0 unspecified atom stereocenters. The molecule has 0 radical (unpaired) electrons. The van der Waals surface area contributed by atoms with Gasteiger partial charge in [0.2, 0.25) is 0 Å². The van der Waals surface area contributed by atoms with Crippen LogP contribution < -0.4 is 0 Å². The van der Waals surface area contributed by atoms with Crippen LogP contribution in [0.2, 0.25) is 0 Å². The van der Waals surface area contributed by atoms with Gasteiger partial charge >= 0.3 is 0 Å². The summed E-state index contributed by atoms with van der Waals surface area (Å²) in [5.74, 6) is 0.230. The van der Waals surface area contributed by atoms with Gasteiger partial charge in [0, 0.05) is 17.5 Å². The zero-order valence-corrected chi connectivity index (χ0v) is 14.7. The van der Waals surface area contributed by atoms with Crippen molar-refractivity contribution < 1.29 is 20.1 Å². The highest BCUT2D eigenvalue weighted by Gasteiger charge is 2.29. The van der Waals surface area contributed by atoms with E-state index in [1.807, 2.05) is 6.92 Å². The number of allylic oxidation sites excluding steroid dienone is 3. The maximum atomic E-state index is 10.5. The smallest absolute Gasteiger partial charge is 0.294 e. The zero-order valence-electron chi connectivity index (χ0n) is 14.7. The summed E-state index contributed by atoms with van der Waals surface area (Å²) in [6.07, 6.45) is 5.01. The molecular weight excluding hydrogens is 322 g/mol. The van der Waals surface area contributed by atoms with Crippen molar-refractivity contribution in [2.45, 2.75) is 45.4 Å². The monoisotopic (exact) mass is 347 g/mol. The number of hydrogen-bond acceptors (Lipinski definition) is 5. The molecule has 2 atom stereocenters. The van der Waals surface area contributed by atoms with Crippen LogP contribution in [0.4, 0.5) is 0 Å². The van der Waals surface area contributed by atoms with Gasteiger partial charge in [-0.15, -0.1) is 10.1 Å². The minimum absolute atomic E-state index is 0.0155. The summed E-state index contributed by atoms with van der Waals surface area (Å²) < 4.78 is 0. The Kier molecular flexibility index (Phi) is 6.07. The molecule has 0 saturated heterocycles. The molecule has 0 heterocycles. The van der Waals surface area contributed by atoms with Crippen LogP contribution in [-0.4, -0.2) is 21.9 Å². The predicted molar refractivity (Wildman–Crippen MR) is 95.1 cm³/mol. The van der Waals surface area contributed by atoms with E-state index in [9.17, 15) is 20.3 Å². The molecular formula is C19H25NO5. The third kappa shape index (κ3) is 4.75. The number of aryl methyl sites for hydroxylation is 1. The fourth-order valence-corrected chi connectivity index (χ4v) is 3.58. The Labute approximate surface area is 147 Å². The Bertz CT molecular complexity index is 695. The number of nitrogens with zero attached hydrogens (tertiary/aromatic N) is 1. The summed E-state index contributed by atoms with van der Waals surface area (Å²) in [6.45, 7) is 8.14. The normalized spacial score (nSPS) is 20.0. The van der Waals surface area contributed by atoms with Crippen LogP contribution in [0.15, 0.2) is 35.9 Å². The van der Waals surface area contributed by atoms with Crippen LogP contribution in [0.1, 0.15) is 50.2 Å². The van der Waals surface area contributed by atoms with Gasteiger partial charge in [-0.3, -0.25) is 0 Å². The summed E-state index contributed by atoms with van der Waals surface area (Å²) >= 11 is 0. The molecule has 1 aromatic rings. The van der Waals surface area contributed by atoms with Gasteiger partial charge in [0.25, 0.3) is 5.09 Å². The molecule has 0 saturated carbocycles. The van der Waals surface area contributed by atoms with Gasteiger partial charge in [0.1, 0.15) is 11.5 Å². The van der Waals surface area contributed by atoms with Gasteiger partial charge in [0.15, 0.2) is 0 Å². The molecule has 0 bridgehead atoms. The Morgan fingerprint density at radius 3 is 2.80 bits per heavy atom. The fraction of sp³-hybridized carbons (Fsp3) is 0.474. The summed E-state index contributed by atoms with van der Waals surface area (Å²) in [6, 6.07) is 2.97. The molecule has 136 valence electrons. The lowest BCUT2D eigenvalue weighted by Gasteiger charge is -2.32. The lowest BCUT2D eigenvalue weighted by molar-refractivity contribution is -0.757. The van der Waals surface area contributed by atoms with Crippen LogP contribution in [0, 0.1) is 16.0 Å². The Hall–Kier alpha value is -2.50. The van der Waals surface area contributed by atoms with Crippen LogP contribution in [0.25, 0.3) is 0 Å². The molecule has 1 aliphatic carbocycles. The third-order valence-electron chi connectivity index (χ3n) is 4.73. The molecule has 25 heavy (non-hydrogen) atoms. The number of phenols is 2. The van der Waals surface area contributed by atoms with Gasteiger partial charge in [-0.2, -0.15) is 0 Å². The van der Waals surface area contributed by atoms with Gasteiger partial charge in [-0.25, -0.2) is 0 Å². The van der Waals surface area contributed by atoms with Gasteiger partial charge in [-0.1, -0.05) is 23.8 Å². The topological polar surface area (TPSA) is 92.8 Å². The Morgan fingerprint density at radius 1 is 1.44 bits per heavy atom. The van der Waals surface area contributed by atoms with Gasteiger partial charge < -0.3 is 15.1 Å². The second-order valence-electron chi connectivity index (χ2n) is 6.73. The predicted octanol–water partition coefficient (Wildman–Crippen LogP) is 4.25. The molecule has 0 fully saturated rings. The number of rotatable bonds is 7. The first-order valence-corrected chi connectivity index (χ1v) is 8.44. The average Bonchev–Trinajstić information content (AvgIpc) is 2.50. The van der Waals surface area contributed by atoms with Crippen molar-refractivity contribution in [3.63, 3.8) is 0 Å². The summed E-state index contributed by atoms with van der Waals surface area (Å²) in [4.78, 5) is 14.6. The molecule has 2 rings (SSSR count). The summed E-state index contributed by atoms with van der Waals surface area (Å²) in [5, 5.41) is 29.8. The summed E-state index contributed by atoms with van der Waals surface area (Å²) in [7, 11) is 0. The van der Waals surface area contributed by atoms with E-state index in [1.165, 1.54) is 11.6 Å². The van der Waals surface area contributed by atoms with Gasteiger partial charge in [0.05, 0.1) is 6.61 Å². The lowest BCUT2D eigenvalue weighted by Crippen LogP contribution is -2.18. The van der Waals surface area contributed by atoms with Crippen molar-refractivity contribution in [3.05, 3.63) is 57.2 Å². The molecule has 1 aromatic carbocycles. The standard InChI is InChI=1S/C19H25NO5/c1-12(2)16-7-6-13(3)9-17(16)19-14(5-4-8-25-20(23)24)10-15(21)11-18(19)22/h9-11,16-17,21-22H,1,4-8H2,2-3H3/t16-,17+/m0/s1. The maximum absolute atomic E-state index is 10.5. The molecule has 6 heteroatoms. The van der Waals surface area contributed by atoms with E-state index in [0.29, 0.717) is 12.8 Å². The SMILES string of the molecule is C=C(C)[C@@H]1CCC(C)=C[C@H]1c1c(O)cc(O)cc1CCCO[N+](=O)[O-]. The van der Waals surface area contributed by atoms with Crippen LogP contribution in [0.5, 0.6) is 11.5 Å². The molecule has 0 amide bonds. The number of aromatic hydroxyl groups is 2. The maximum Gasteiger partial charge on any atom is 0.294 e. The number of benzene rings is 1. The Balaban J connectivity index is 2.35. The Morgan fingerprint density at radius 2 is 2.16 bits per heavy atom. The van der Waals surface area contributed by atoms with E-state index in [2.05, 4.69) is 24.4 Å². The van der Waals surface area contributed by atoms with Crippen LogP contribution in [0.3, 0.4) is 0 Å². The van der Waals surface area contributed by atoms with Crippen molar-refractivity contribution >= 4 is 0 Å². The third-order valence-corrected chi connectivity index (χ3v) is 4.73. The highest BCUT2D eigenvalue weighted by molar-refractivity contribution is 5.50. The number of hydrogen-bond donors (Lipinski definition) is 2.